The summed E-state index contributed by atoms with van der Waals surface area (Å²) in [7, 11) is 0. The molecule has 0 bridgehead atoms. The highest BCUT2D eigenvalue weighted by molar-refractivity contribution is 4.63. The topological polar surface area (TPSA) is 111 Å². The largest absolute Gasteiger partial charge is 0.379 e. The first-order chi connectivity index (χ1) is 19.4. The molecule has 0 saturated carbocycles. The van der Waals surface area contributed by atoms with Gasteiger partial charge in [0.25, 0.3) is 0 Å². The number of rotatable bonds is 36. The zero-order valence-electron chi connectivity index (χ0n) is 24.2. The summed E-state index contributed by atoms with van der Waals surface area (Å²) in [6, 6.07) is 0. The molecular formula is C27H54O12. The van der Waals surface area contributed by atoms with E-state index in [9.17, 15) is 0 Å². The van der Waals surface area contributed by atoms with Crippen molar-refractivity contribution in [3.8, 4) is 0 Å². The molecule has 0 amide bonds. The third kappa shape index (κ3) is 37.3. The Kier molecular flexibility index (Phi) is 36.6. The lowest BCUT2D eigenvalue weighted by molar-refractivity contribution is -0.0280. The number of hydrogen-bond acceptors (Lipinski definition) is 12. The van der Waals surface area contributed by atoms with Gasteiger partial charge < -0.3 is 56.8 Å². The van der Waals surface area contributed by atoms with Gasteiger partial charge in [0, 0.05) is 6.61 Å². The molecule has 0 aromatic carbocycles. The molecule has 0 fully saturated rings. The summed E-state index contributed by atoms with van der Waals surface area (Å²) in [5.41, 5.74) is 0. The first-order valence-corrected chi connectivity index (χ1v) is 14.0. The second kappa shape index (κ2) is 37.3. The molecule has 0 heterocycles. The average molecular weight is 571 g/mol. The monoisotopic (exact) mass is 570 g/mol. The van der Waals surface area contributed by atoms with Gasteiger partial charge in [0.05, 0.1) is 152 Å². The van der Waals surface area contributed by atoms with Gasteiger partial charge in [-0.05, 0) is 6.92 Å². The summed E-state index contributed by atoms with van der Waals surface area (Å²) in [5.74, 6) is 0. The van der Waals surface area contributed by atoms with Crippen LogP contribution in [0.4, 0.5) is 0 Å². The molecule has 0 aliphatic heterocycles. The highest BCUT2D eigenvalue weighted by atomic mass is 16.6. The Morgan fingerprint density at radius 1 is 0.308 bits per heavy atom. The summed E-state index contributed by atoms with van der Waals surface area (Å²) in [4.78, 5) is 0. The zero-order chi connectivity index (χ0) is 28.2. The fourth-order valence-electron chi connectivity index (χ4n) is 2.63. The fraction of sp³-hybridized carbons (Fsp3) is 0.926. The molecule has 12 heteroatoms. The normalized spacial score (nSPS) is 11.4. The molecule has 39 heavy (non-hydrogen) atoms. The number of hydrogen-bond donors (Lipinski definition) is 0. The van der Waals surface area contributed by atoms with Crippen molar-refractivity contribution < 1.29 is 56.8 Å². The van der Waals surface area contributed by atoms with Crippen molar-refractivity contribution in [1.29, 1.82) is 0 Å². The van der Waals surface area contributed by atoms with Gasteiger partial charge in [0.1, 0.15) is 0 Å². The van der Waals surface area contributed by atoms with Gasteiger partial charge in [-0.2, -0.15) is 0 Å². The smallest absolute Gasteiger partial charge is 0.0704 e. The average Bonchev–Trinajstić information content (AvgIpc) is 2.95. The van der Waals surface area contributed by atoms with E-state index in [2.05, 4.69) is 6.58 Å². The maximum atomic E-state index is 5.46. The van der Waals surface area contributed by atoms with Crippen molar-refractivity contribution in [2.24, 2.45) is 0 Å². The van der Waals surface area contributed by atoms with E-state index in [0.717, 1.165) is 0 Å². The Morgan fingerprint density at radius 3 is 0.667 bits per heavy atom. The van der Waals surface area contributed by atoms with Crippen LogP contribution in [0.5, 0.6) is 0 Å². The predicted molar refractivity (Wildman–Crippen MR) is 146 cm³/mol. The molecule has 0 atom stereocenters. The van der Waals surface area contributed by atoms with E-state index < -0.39 is 0 Å². The highest BCUT2D eigenvalue weighted by Gasteiger charge is 1.96. The lowest BCUT2D eigenvalue weighted by Gasteiger charge is -2.09. The quantitative estimate of drug-likeness (QED) is 0.0802. The minimum Gasteiger partial charge on any atom is -0.379 e. The Bertz CT molecular complexity index is 445. The van der Waals surface area contributed by atoms with Crippen molar-refractivity contribution in [3.63, 3.8) is 0 Å². The maximum absolute atomic E-state index is 5.46. The van der Waals surface area contributed by atoms with Crippen LogP contribution in [0.15, 0.2) is 12.7 Å². The molecular weight excluding hydrogens is 516 g/mol. The summed E-state index contributed by atoms with van der Waals surface area (Å²) in [5, 5.41) is 0. The van der Waals surface area contributed by atoms with Crippen molar-refractivity contribution in [2.45, 2.75) is 6.92 Å². The van der Waals surface area contributed by atoms with Crippen molar-refractivity contribution in [3.05, 3.63) is 12.7 Å². The van der Waals surface area contributed by atoms with Crippen LogP contribution >= 0.6 is 0 Å². The lowest BCUT2D eigenvalue weighted by atomic mass is 10.6. The molecule has 0 spiro atoms. The van der Waals surface area contributed by atoms with Gasteiger partial charge in [-0.15, -0.1) is 6.58 Å². The molecule has 0 N–H and O–H groups in total. The molecule has 0 rings (SSSR count). The van der Waals surface area contributed by atoms with E-state index in [4.69, 9.17) is 56.8 Å². The molecule has 0 saturated heterocycles. The van der Waals surface area contributed by atoms with Crippen LogP contribution < -0.4 is 0 Å². The Hall–Kier alpha value is -0.740. The summed E-state index contributed by atoms with van der Waals surface area (Å²) in [6.07, 6.45) is 1.71. The lowest BCUT2D eigenvalue weighted by Crippen LogP contribution is -2.15. The minimum absolute atomic E-state index is 0.517. The van der Waals surface area contributed by atoms with Crippen LogP contribution in [0.1, 0.15) is 6.92 Å². The van der Waals surface area contributed by atoms with Crippen molar-refractivity contribution >= 4 is 0 Å². The third-order valence-electron chi connectivity index (χ3n) is 4.53. The van der Waals surface area contributed by atoms with E-state index in [1.165, 1.54) is 0 Å². The summed E-state index contributed by atoms with van der Waals surface area (Å²) >= 11 is 0. The highest BCUT2D eigenvalue weighted by Crippen LogP contribution is 1.87. The standard InChI is InChI=1S/C27H54O12/c1-3-5-29-8-9-31-12-13-33-16-17-35-20-21-37-24-25-39-27-26-38-23-22-36-19-18-34-15-14-32-11-10-30-7-6-28-4-2/h3H,1,4-27H2,2H3. The molecule has 0 aromatic heterocycles. The van der Waals surface area contributed by atoms with Crippen LogP contribution in [0, 0.1) is 0 Å². The zero-order valence-corrected chi connectivity index (χ0v) is 24.2. The van der Waals surface area contributed by atoms with Gasteiger partial charge >= 0.3 is 0 Å². The Morgan fingerprint density at radius 2 is 0.487 bits per heavy atom. The second-order valence-corrected chi connectivity index (χ2v) is 7.68. The minimum atomic E-state index is 0.517. The van der Waals surface area contributed by atoms with E-state index in [1.807, 2.05) is 6.92 Å². The van der Waals surface area contributed by atoms with Crippen LogP contribution in [0.3, 0.4) is 0 Å². The maximum Gasteiger partial charge on any atom is 0.0704 e. The molecule has 12 nitrogen and oxygen atoms in total. The van der Waals surface area contributed by atoms with Gasteiger partial charge in [-0.1, -0.05) is 6.08 Å². The van der Waals surface area contributed by atoms with E-state index in [0.29, 0.717) is 159 Å². The second-order valence-electron chi connectivity index (χ2n) is 7.68. The van der Waals surface area contributed by atoms with Crippen molar-refractivity contribution in [1.82, 2.24) is 0 Å². The molecule has 0 aromatic rings. The summed E-state index contributed by atoms with van der Waals surface area (Å²) < 4.78 is 64.6. The van der Waals surface area contributed by atoms with Crippen LogP contribution in [-0.4, -0.2) is 159 Å². The van der Waals surface area contributed by atoms with Gasteiger partial charge in [-0.3, -0.25) is 0 Å². The number of ether oxygens (including phenoxy) is 12. The third-order valence-corrected chi connectivity index (χ3v) is 4.53. The van der Waals surface area contributed by atoms with Gasteiger partial charge in [-0.25, -0.2) is 0 Å². The molecule has 234 valence electrons. The van der Waals surface area contributed by atoms with Crippen LogP contribution in [0.2, 0.25) is 0 Å². The molecule has 0 radical (unpaired) electrons. The predicted octanol–water partition coefficient (Wildman–Crippen LogP) is 1.39. The first-order valence-electron chi connectivity index (χ1n) is 14.0. The van der Waals surface area contributed by atoms with Crippen LogP contribution in [0.25, 0.3) is 0 Å². The van der Waals surface area contributed by atoms with E-state index >= 15 is 0 Å². The van der Waals surface area contributed by atoms with Crippen molar-refractivity contribution in [2.75, 3.05) is 159 Å². The first kappa shape index (κ1) is 38.3. The van der Waals surface area contributed by atoms with E-state index in [1.54, 1.807) is 6.08 Å². The Balaban J connectivity index is 3.02. The van der Waals surface area contributed by atoms with E-state index in [-0.39, 0.29) is 0 Å². The SMILES string of the molecule is C=CCOCCOCCOCCOCCOCCOCCOCCOCCOCCOCCOCCOCC. The van der Waals surface area contributed by atoms with Gasteiger partial charge in [0.15, 0.2) is 0 Å². The summed E-state index contributed by atoms with van der Waals surface area (Å²) in [6.45, 7) is 18.7. The molecule has 0 aliphatic carbocycles. The Labute approximate surface area is 235 Å². The fourth-order valence-corrected chi connectivity index (χ4v) is 2.63. The molecule has 0 aliphatic rings. The van der Waals surface area contributed by atoms with Gasteiger partial charge in [0.2, 0.25) is 0 Å². The van der Waals surface area contributed by atoms with Crippen LogP contribution in [-0.2, 0) is 56.8 Å². The molecule has 0 unspecified atom stereocenters.